The first kappa shape index (κ1) is 16.9. The highest BCUT2D eigenvalue weighted by molar-refractivity contribution is 7.90. The zero-order chi connectivity index (χ0) is 15.2. The van der Waals surface area contributed by atoms with E-state index >= 15 is 0 Å². The molecule has 0 fully saturated rings. The van der Waals surface area contributed by atoms with Crippen LogP contribution in [0.3, 0.4) is 0 Å². The Labute approximate surface area is 115 Å². The lowest BCUT2D eigenvalue weighted by Gasteiger charge is -2.12. The van der Waals surface area contributed by atoms with E-state index in [9.17, 15) is 21.6 Å². The standard InChI is InChI=1S/C12H15F3O4S/c13-12(14,15)11-4-2-1-3-10(11)9-20(17,18)8-7-19-6-5-16/h1-4,16H,5-9H2. The molecule has 0 aliphatic rings. The molecule has 0 saturated heterocycles. The minimum atomic E-state index is -4.58. The molecule has 0 aliphatic heterocycles. The number of aliphatic hydroxyl groups excluding tert-OH is 1. The van der Waals surface area contributed by atoms with Crippen LogP contribution in [-0.4, -0.2) is 39.1 Å². The molecule has 0 heterocycles. The van der Waals surface area contributed by atoms with Gasteiger partial charge in [0, 0.05) is 0 Å². The van der Waals surface area contributed by atoms with Gasteiger partial charge in [-0.15, -0.1) is 0 Å². The molecule has 1 rings (SSSR count). The molecule has 1 aromatic carbocycles. The van der Waals surface area contributed by atoms with Crippen LogP contribution in [-0.2, 0) is 26.5 Å². The summed E-state index contributed by atoms with van der Waals surface area (Å²) in [6, 6.07) is 4.58. The lowest BCUT2D eigenvalue weighted by Crippen LogP contribution is -2.18. The van der Waals surface area contributed by atoms with Gasteiger partial charge in [-0.1, -0.05) is 18.2 Å². The Balaban J connectivity index is 2.78. The lowest BCUT2D eigenvalue weighted by atomic mass is 10.1. The fourth-order valence-corrected chi connectivity index (χ4v) is 2.83. The Morgan fingerprint density at radius 2 is 1.80 bits per heavy atom. The number of ether oxygens (including phenoxy) is 1. The Kier molecular flexibility index (Phi) is 5.97. The van der Waals surface area contributed by atoms with Gasteiger partial charge in [0.15, 0.2) is 9.84 Å². The van der Waals surface area contributed by atoms with Crippen LogP contribution in [0.2, 0.25) is 0 Å². The number of halogens is 3. The van der Waals surface area contributed by atoms with Crippen molar-refractivity contribution in [3.8, 4) is 0 Å². The van der Waals surface area contributed by atoms with Gasteiger partial charge in [-0.3, -0.25) is 0 Å². The number of rotatable bonds is 7. The van der Waals surface area contributed by atoms with Crippen LogP contribution in [0.4, 0.5) is 13.2 Å². The number of hydrogen-bond acceptors (Lipinski definition) is 4. The van der Waals surface area contributed by atoms with Crippen molar-refractivity contribution in [2.24, 2.45) is 0 Å². The van der Waals surface area contributed by atoms with E-state index in [1.54, 1.807) is 0 Å². The number of hydrogen-bond donors (Lipinski definition) is 1. The molecular weight excluding hydrogens is 297 g/mol. The third-order valence-electron chi connectivity index (χ3n) is 2.47. The molecule has 1 N–H and O–H groups in total. The zero-order valence-electron chi connectivity index (χ0n) is 10.6. The molecule has 0 atom stereocenters. The van der Waals surface area contributed by atoms with Crippen molar-refractivity contribution in [2.45, 2.75) is 11.9 Å². The largest absolute Gasteiger partial charge is 0.416 e. The summed E-state index contributed by atoms with van der Waals surface area (Å²) < 4.78 is 66.5. The van der Waals surface area contributed by atoms with E-state index in [0.717, 1.165) is 12.1 Å². The maximum atomic E-state index is 12.7. The van der Waals surface area contributed by atoms with Gasteiger partial charge in [0.05, 0.1) is 36.9 Å². The summed E-state index contributed by atoms with van der Waals surface area (Å²) in [4.78, 5) is 0. The maximum absolute atomic E-state index is 12.7. The molecule has 8 heteroatoms. The summed E-state index contributed by atoms with van der Waals surface area (Å²) in [5.41, 5.74) is -1.22. The van der Waals surface area contributed by atoms with Gasteiger partial charge < -0.3 is 9.84 Å². The van der Waals surface area contributed by atoms with Crippen LogP contribution >= 0.6 is 0 Å². The molecule has 0 spiro atoms. The number of alkyl halides is 3. The Hall–Kier alpha value is -1.12. The molecule has 0 aromatic heterocycles. The number of benzene rings is 1. The zero-order valence-corrected chi connectivity index (χ0v) is 11.4. The molecule has 1 aromatic rings. The lowest BCUT2D eigenvalue weighted by molar-refractivity contribution is -0.138. The van der Waals surface area contributed by atoms with Gasteiger partial charge in [-0.05, 0) is 11.6 Å². The van der Waals surface area contributed by atoms with E-state index in [4.69, 9.17) is 9.84 Å². The summed E-state index contributed by atoms with van der Waals surface area (Å²) in [6.07, 6.45) is -4.58. The molecule has 0 radical (unpaired) electrons. The molecule has 4 nitrogen and oxygen atoms in total. The average Bonchev–Trinajstić information content (AvgIpc) is 2.33. The molecule has 0 aliphatic carbocycles. The van der Waals surface area contributed by atoms with Crippen molar-refractivity contribution in [2.75, 3.05) is 25.6 Å². The summed E-state index contributed by atoms with van der Waals surface area (Å²) in [5, 5.41) is 8.46. The smallest absolute Gasteiger partial charge is 0.394 e. The second kappa shape index (κ2) is 7.05. The minimum Gasteiger partial charge on any atom is -0.394 e. The summed E-state index contributed by atoms with van der Waals surface area (Å²) in [6.45, 7) is -0.400. The summed E-state index contributed by atoms with van der Waals surface area (Å²) in [5.74, 6) is -1.08. The summed E-state index contributed by atoms with van der Waals surface area (Å²) >= 11 is 0. The number of sulfone groups is 1. The van der Waals surface area contributed by atoms with E-state index < -0.39 is 27.3 Å². The highest BCUT2D eigenvalue weighted by Crippen LogP contribution is 2.32. The van der Waals surface area contributed by atoms with E-state index in [1.807, 2.05) is 0 Å². The molecule has 0 amide bonds. The van der Waals surface area contributed by atoms with Crippen molar-refractivity contribution < 1.29 is 31.4 Å². The molecule has 20 heavy (non-hydrogen) atoms. The first-order valence-electron chi connectivity index (χ1n) is 5.80. The maximum Gasteiger partial charge on any atom is 0.416 e. The Bertz CT molecular complexity index is 526. The predicted molar refractivity (Wildman–Crippen MR) is 66.8 cm³/mol. The van der Waals surface area contributed by atoms with Crippen LogP contribution in [0, 0.1) is 0 Å². The fraction of sp³-hybridized carbons (Fsp3) is 0.500. The molecule has 0 saturated carbocycles. The van der Waals surface area contributed by atoms with Crippen LogP contribution in [0.1, 0.15) is 11.1 Å². The summed E-state index contributed by atoms with van der Waals surface area (Å²) in [7, 11) is -3.70. The first-order chi connectivity index (χ1) is 9.26. The third-order valence-corrected chi connectivity index (χ3v) is 4.01. The van der Waals surface area contributed by atoms with Crippen molar-refractivity contribution >= 4 is 9.84 Å². The number of aliphatic hydroxyl groups is 1. The van der Waals surface area contributed by atoms with Crippen molar-refractivity contribution in [3.05, 3.63) is 35.4 Å². The highest BCUT2D eigenvalue weighted by atomic mass is 32.2. The normalized spacial score (nSPS) is 12.6. The Morgan fingerprint density at radius 1 is 1.15 bits per heavy atom. The quantitative estimate of drug-likeness (QED) is 0.777. The second-order valence-corrected chi connectivity index (χ2v) is 6.27. The van der Waals surface area contributed by atoms with E-state index in [-0.39, 0.29) is 31.1 Å². The van der Waals surface area contributed by atoms with E-state index in [1.165, 1.54) is 12.1 Å². The van der Waals surface area contributed by atoms with Crippen molar-refractivity contribution in [1.82, 2.24) is 0 Å². The molecule has 114 valence electrons. The van der Waals surface area contributed by atoms with Gasteiger partial charge in [-0.2, -0.15) is 13.2 Å². The van der Waals surface area contributed by atoms with E-state index in [2.05, 4.69) is 0 Å². The van der Waals surface area contributed by atoms with E-state index in [0.29, 0.717) is 0 Å². The van der Waals surface area contributed by atoms with Gasteiger partial charge in [0.25, 0.3) is 0 Å². The van der Waals surface area contributed by atoms with Crippen LogP contribution in [0.5, 0.6) is 0 Å². The Morgan fingerprint density at radius 3 is 2.40 bits per heavy atom. The van der Waals surface area contributed by atoms with Crippen LogP contribution in [0.15, 0.2) is 24.3 Å². The third kappa shape index (κ3) is 5.48. The van der Waals surface area contributed by atoms with Gasteiger partial charge in [-0.25, -0.2) is 8.42 Å². The minimum absolute atomic E-state index is 0.00530. The molecular formula is C12H15F3O4S. The topological polar surface area (TPSA) is 63.6 Å². The van der Waals surface area contributed by atoms with Gasteiger partial charge in [0.2, 0.25) is 0 Å². The van der Waals surface area contributed by atoms with Crippen LogP contribution < -0.4 is 0 Å². The van der Waals surface area contributed by atoms with Gasteiger partial charge in [0.1, 0.15) is 0 Å². The van der Waals surface area contributed by atoms with Crippen LogP contribution in [0.25, 0.3) is 0 Å². The van der Waals surface area contributed by atoms with Gasteiger partial charge >= 0.3 is 6.18 Å². The van der Waals surface area contributed by atoms with Crippen molar-refractivity contribution in [1.29, 1.82) is 0 Å². The fourth-order valence-electron chi connectivity index (χ4n) is 1.58. The first-order valence-corrected chi connectivity index (χ1v) is 7.62. The average molecular weight is 312 g/mol. The predicted octanol–water partition coefficient (Wildman–Crippen LogP) is 1.63. The molecule has 0 unspecified atom stereocenters. The van der Waals surface area contributed by atoms with Crippen molar-refractivity contribution in [3.63, 3.8) is 0 Å². The SMILES string of the molecule is O=S(=O)(CCOCCO)Cc1ccccc1C(F)(F)F. The monoisotopic (exact) mass is 312 g/mol. The second-order valence-electron chi connectivity index (χ2n) is 4.08. The highest BCUT2D eigenvalue weighted by Gasteiger charge is 2.33. The molecule has 0 bridgehead atoms.